The van der Waals surface area contributed by atoms with Gasteiger partial charge in [-0.25, -0.2) is 0 Å². The number of likely N-dealkylation sites (tertiary alicyclic amines) is 2. The molecule has 1 aromatic heterocycles. The Balaban J connectivity index is 1.36. The first-order valence-corrected chi connectivity index (χ1v) is 11.2. The van der Waals surface area contributed by atoms with Gasteiger partial charge in [0.1, 0.15) is 5.56 Å². The van der Waals surface area contributed by atoms with E-state index in [4.69, 9.17) is 0 Å². The van der Waals surface area contributed by atoms with Crippen molar-refractivity contribution >= 4 is 5.91 Å². The number of rotatable bonds is 5. The van der Waals surface area contributed by atoms with Gasteiger partial charge in [0.25, 0.3) is 11.5 Å². The number of hydrogen-bond acceptors (Lipinski definition) is 3. The van der Waals surface area contributed by atoms with Gasteiger partial charge in [0, 0.05) is 30.7 Å². The van der Waals surface area contributed by atoms with E-state index in [0.717, 1.165) is 56.8 Å². The van der Waals surface area contributed by atoms with E-state index in [9.17, 15) is 9.59 Å². The number of aromatic nitrogens is 1. The molecule has 1 N–H and O–H groups in total. The summed E-state index contributed by atoms with van der Waals surface area (Å²) in [5.41, 5.74) is 3.21. The highest BCUT2D eigenvalue weighted by molar-refractivity contribution is 5.95. The molecule has 2 saturated heterocycles. The number of nitrogens with zero attached hydrogens (tertiary/aromatic N) is 2. The van der Waals surface area contributed by atoms with Crippen LogP contribution >= 0.6 is 0 Å². The molecule has 0 aliphatic carbocycles. The summed E-state index contributed by atoms with van der Waals surface area (Å²) in [6.07, 6.45) is 5.69. The lowest BCUT2D eigenvalue weighted by atomic mass is 9.79. The fraction of sp³-hybridized carbons (Fsp3) is 0.520. The topological polar surface area (TPSA) is 56.4 Å². The minimum absolute atomic E-state index is 0.105. The predicted molar refractivity (Wildman–Crippen MR) is 120 cm³/mol. The number of aromatic amines is 1. The van der Waals surface area contributed by atoms with Crippen molar-refractivity contribution in [2.75, 3.05) is 32.7 Å². The van der Waals surface area contributed by atoms with Gasteiger partial charge in [0.2, 0.25) is 0 Å². The summed E-state index contributed by atoms with van der Waals surface area (Å²) >= 11 is 0. The van der Waals surface area contributed by atoms with Crippen LogP contribution in [0.1, 0.15) is 52.9 Å². The highest BCUT2D eigenvalue weighted by Crippen LogP contribution is 2.39. The molecule has 3 heterocycles. The minimum atomic E-state index is -0.260. The first kappa shape index (κ1) is 20.9. The van der Waals surface area contributed by atoms with Crippen LogP contribution < -0.4 is 5.56 Å². The Morgan fingerprint density at radius 1 is 1.10 bits per heavy atom. The molecule has 2 aliphatic heterocycles. The second kappa shape index (κ2) is 8.76. The van der Waals surface area contributed by atoms with Crippen LogP contribution in [-0.2, 0) is 6.42 Å². The highest BCUT2D eigenvalue weighted by atomic mass is 16.2. The quantitative estimate of drug-likeness (QED) is 0.825. The number of hydrogen-bond donors (Lipinski definition) is 1. The lowest BCUT2D eigenvalue weighted by Gasteiger charge is -2.40. The molecule has 2 aromatic rings. The predicted octanol–water partition coefficient (Wildman–Crippen LogP) is 3.55. The van der Waals surface area contributed by atoms with Crippen molar-refractivity contribution in [3.05, 3.63) is 69.1 Å². The van der Waals surface area contributed by atoms with Crippen LogP contribution in [0.4, 0.5) is 0 Å². The molecule has 0 radical (unpaired) electrons. The Labute approximate surface area is 179 Å². The Hall–Kier alpha value is -2.40. The van der Waals surface area contributed by atoms with Gasteiger partial charge < -0.3 is 14.8 Å². The number of amides is 1. The summed E-state index contributed by atoms with van der Waals surface area (Å²) in [7, 11) is 0. The molecule has 5 nitrogen and oxygen atoms in total. The minimum Gasteiger partial charge on any atom is -0.338 e. The summed E-state index contributed by atoms with van der Waals surface area (Å²) < 4.78 is 0. The van der Waals surface area contributed by atoms with Crippen molar-refractivity contribution in [3.63, 3.8) is 0 Å². The lowest BCUT2D eigenvalue weighted by Crippen LogP contribution is -2.46. The fourth-order valence-electron chi connectivity index (χ4n) is 5.37. The third kappa shape index (κ3) is 4.51. The number of aryl methyl sites for hydroxylation is 3. The fourth-order valence-corrected chi connectivity index (χ4v) is 5.37. The van der Waals surface area contributed by atoms with Gasteiger partial charge in [-0.2, -0.15) is 0 Å². The Kier molecular flexibility index (Phi) is 6.09. The third-order valence-electron chi connectivity index (χ3n) is 6.83. The van der Waals surface area contributed by atoms with Crippen LogP contribution in [-0.4, -0.2) is 53.4 Å². The maximum Gasteiger partial charge on any atom is 0.261 e. The van der Waals surface area contributed by atoms with Crippen molar-refractivity contribution < 1.29 is 4.79 Å². The molecular formula is C25H33N3O2. The van der Waals surface area contributed by atoms with E-state index < -0.39 is 0 Å². The molecule has 30 heavy (non-hydrogen) atoms. The van der Waals surface area contributed by atoms with Crippen molar-refractivity contribution in [3.8, 4) is 0 Å². The lowest BCUT2D eigenvalue weighted by molar-refractivity contribution is 0.0686. The molecule has 4 rings (SSSR count). The van der Waals surface area contributed by atoms with Crippen LogP contribution in [0.25, 0.3) is 0 Å². The van der Waals surface area contributed by atoms with Gasteiger partial charge in [-0.1, -0.05) is 30.3 Å². The number of piperidine rings is 1. The van der Waals surface area contributed by atoms with E-state index in [0.29, 0.717) is 5.56 Å². The zero-order valence-corrected chi connectivity index (χ0v) is 18.2. The summed E-state index contributed by atoms with van der Waals surface area (Å²) in [5.74, 6) is -0.105. The monoisotopic (exact) mass is 407 g/mol. The average Bonchev–Trinajstić information content (AvgIpc) is 3.11. The van der Waals surface area contributed by atoms with Crippen molar-refractivity contribution in [1.29, 1.82) is 0 Å². The SMILES string of the molecule is Cc1cc(C)c(C(=O)N2CC[C@]3(CCCN(CCCc4ccccc4)C3)C2)c(=O)[nH]1. The summed E-state index contributed by atoms with van der Waals surface area (Å²) in [6.45, 7) is 8.56. The molecule has 1 aromatic carbocycles. The first-order valence-electron chi connectivity index (χ1n) is 11.2. The zero-order valence-electron chi connectivity index (χ0n) is 18.2. The maximum atomic E-state index is 13.1. The van der Waals surface area contributed by atoms with E-state index in [1.165, 1.54) is 24.8 Å². The van der Waals surface area contributed by atoms with E-state index in [-0.39, 0.29) is 16.9 Å². The molecule has 160 valence electrons. The second-order valence-electron chi connectivity index (χ2n) is 9.29. The van der Waals surface area contributed by atoms with E-state index in [2.05, 4.69) is 40.2 Å². The zero-order chi connectivity index (χ0) is 21.1. The van der Waals surface area contributed by atoms with Gasteiger partial charge >= 0.3 is 0 Å². The normalized spacial score (nSPS) is 22.0. The summed E-state index contributed by atoms with van der Waals surface area (Å²) in [5, 5.41) is 0. The highest BCUT2D eigenvalue weighted by Gasteiger charge is 2.43. The van der Waals surface area contributed by atoms with Gasteiger partial charge in [-0.3, -0.25) is 9.59 Å². The number of carbonyl (C=O) groups is 1. The molecule has 0 saturated carbocycles. The van der Waals surface area contributed by atoms with Crippen molar-refractivity contribution in [2.24, 2.45) is 5.41 Å². The number of benzene rings is 1. The van der Waals surface area contributed by atoms with Crippen LogP contribution in [0.5, 0.6) is 0 Å². The van der Waals surface area contributed by atoms with Crippen molar-refractivity contribution in [2.45, 2.75) is 46.0 Å². The van der Waals surface area contributed by atoms with Gasteiger partial charge in [0.05, 0.1) is 0 Å². The van der Waals surface area contributed by atoms with Gasteiger partial charge in [-0.05, 0) is 76.2 Å². The Bertz CT molecular complexity index is 953. The second-order valence-corrected chi connectivity index (χ2v) is 9.29. The third-order valence-corrected chi connectivity index (χ3v) is 6.83. The molecule has 2 fully saturated rings. The van der Waals surface area contributed by atoms with Crippen LogP contribution in [0.2, 0.25) is 0 Å². The molecule has 0 bridgehead atoms. The summed E-state index contributed by atoms with van der Waals surface area (Å²) in [4.78, 5) is 32.8. The average molecular weight is 408 g/mol. The van der Waals surface area contributed by atoms with E-state index in [1.54, 1.807) is 0 Å². The largest absolute Gasteiger partial charge is 0.338 e. The van der Waals surface area contributed by atoms with Crippen LogP contribution in [0.3, 0.4) is 0 Å². The van der Waals surface area contributed by atoms with Crippen LogP contribution in [0.15, 0.2) is 41.2 Å². The molecule has 2 aliphatic rings. The van der Waals surface area contributed by atoms with E-state index >= 15 is 0 Å². The van der Waals surface area contributed by atoms with Crippen LogP contribution in [0, 0.1) is 19.3 Å². The van der Waals surface area contributed by atoms with Crippen molar-refractivity contribution in [1.82, 2.24) is 14.8 Å². The number of pyridine rings is 1. The molecule has 1 spiro atoms. The van der Waals surface area contributed by atoms with Gasteiger partial charge in [-0.15, -0.1) is 0 Å². The summed E-state index contributed by atoms with van der Waals surface area (Å²) in [6, 6.07) is 12.6. The Morgan fingerprint density at radius 2 is 1.90 bits per heavy atom. The smallest absolute Gasteiger partial charge is 0.261 e. The number of nitrogens with one attached hydrogen (secondary N) is 1. The molecule has 5 heteroatoms. The molecular weight excluding hydrogens is 374 g/mol. The number of carbonyl (C=O) groups excluding carboxylic acids is 1. The number of H-pyrrole nitrogens is 1. The standard InChI is InChI=1S/C25H33N3O2/c1-19-16-20(2)26-23(29)22(19)24(30)28-15-12-25(18-28)11-7-14-27(17-25)13-6-10-21-8-4-3-5-9-21/h3-5,8-9,16H,6-7,10-15,17-18H2,1-2H3,(H,26,29)/t25-/m0/s1. The Morgan fingerprint density at radius 3 is 2.67 bits per heavy atom. The molecule has 1 amide bonds. The molecule has 0 unspecified atom stereocenters. The first-order chi connectivity index (χ1) is 14.5. The van der Waals surface area contributed by atoms with Gasteiger partial charge in [0.15, 0.2) is 0 Å². The molecule has 1 atom stereocenters. The van der Waals surface area contributed by atoms with E-state index in [1.807, 2.05) is 24.8 Å². The maximum absolute atomic E-state index is 13.1.